The Morgan fingerprint density at radius 3 is 1.68 bits per heavy atom. The molecule has 0 bridgehead atoms. The van der Waals surface area contributed by atoms with Crippen LogP contribution in [0.25, 0.3) is 6.08 Å². The Bertz CT molecular complexity index is 795. The summed E-state index contributed by atoms with van der Waals surface area (Å²) in [6, 6.07) is 28.4. The van der Waals surface area contributed by atoms with Gasteiger partial charge in [-0.15, -0.1) is 6.58 Å². The Morgan fingerprint density at radius 2 is 1.25 bits per heavy atom. The van der Waals surface area contributed by atoms with Crippen LogP contribution in [0.15, 0.2) is 104 Å². The Hall–Kier alpha value is -2.61. The highest BCUT2D eigenvalue weighted by Gasteiger charge is 1.91. The third-order valence-electron chi connectivity index (χ3n) is 3.69. The fourth-order valence-electron chi connectivity index (χ4n) is 2.37. The monoisotopic (exact) mass is 391 g/mol. The first kappa shape index (κ1) is 23.4. The number of allylic oxidation sites excluding steroid dienone is 1. The molecule has 0 fully saturated rings. The highest BCUT2D eigenvalue weighted by atomic mass is 35.5. The van der Waals surface area contributed by atoms with Gasteiger partial charge in [0.05, 0.1) is 0 Å². The lowest BCUT2D eigenvalue weighted by atomic mass is 10.2. The molecular formula is C26H30ClN. The number of rotatable bonds is 5. The summed E-state index contributed by atoms with van der Waals surface area (Å²) in [4.78, 5) is 2.16. The van der Waals surface area contributed by atoms with E-state index in [1.165, 1.54) is 11.1 Å². The molecule has 0 aliphatic heterocycles. The van der Waals surface area contributed by atoms with Gasteiger partial charge in [-0.3, -0.25) is 0 Å². The van der Waals surface area contributed by atoms with Gasteiger partial charge in [-0.05, 0) is 43.3 Å². The van der Waals surface area contributed by atoms with Gasteiger partial charge in [-0.1, -0.05) is 109 Å². The molecule has 3 aromatic rings. The molecule has 0 spiro atoms. The Labute approximate surface area is 175 Å². The zero-order valence-electron chi connectivity index (χ0n) is 16.9. The van der Waals surface area contributed by atoms with E-state index in [0.717, 1.165) is 23.6 Å². The predicted molar refractivity (Wildman–Crippen MR) is 126 cm³/mol. The van der Waals surface area contributed by atoms with Crippen molar-refractivity contribution in [3.63, 3.8) is 0 Å². The van der Waals surface area contributed by atoms with Crippen molar-refractivity contribution in [1.29, 1.82) is 0 Å². The van der Waals surface area contributed by atoms with Crippen molar-refractivity contribution in [3.05, 3.63) is 126 Å². The summed E-state index contributed by atoms with van der Waals surface area (Å²) < 4.78 is 0. The summed E-state index contributed by atoms with van der Waals surface area (Å²) in [6.45, 7) is 8.29. The van der Waals surface area contributed by atoms with Crippen LogP contribution in [-0.4, -0.2) is 19.0 Å². The molecule has 0 saturated heterocycles. The Kier molecular flexibility index (Phi) is 12.1. The molecule has 0 N–H and O–H groups in total. The summed E-state index contributed by atoms with van der Waals surface area (Å²) in [5.74, 6) is 0. The van der Waals surface area contributed by atoms with Crippen LogP contribution in [0.1, 0.15) is 16.7 Å². The van der Waals surface area contributed by atoms with E-state index in [2.05, 4.69) is 68.6 Å². The zero-order chi connectivity index (χ0) is 20.6. The maximum absolute atomic E-state index is 5.75. The second-order valence-electron chi connectivity index (χ2n) is 6.43. The standard InChI is InChI=1S/C9H13N.C9H10.C8H7Cl/c1-10(2)8-9-6-4-3-5-7-9;1-2-6-9-7-4-3-5-8-9;1-2-7-5-3-4-6-8(7)9/h3-7H,8H2,1-2H3;2-5,7-8H,1,6H2;2-6H,1H2. The van der Waals surface area contributed by atoms with Crippen LogP contribution in [0.2, 0.25) is 5.02 Å². The van der Waals surface area contributed by atoms with E-state index in [1.54, 1.807) is 6.08 Å². The van der Waals surface area contributed by atoms with Crippen molar-refractivity contribution in [2.24, 2.45) is 0 Å². The van der Waals surface area contributed by atoms with E-state index in [9.17, 15) is 0 Å². The Balaban J connectivity index is 0.000000210. The molecule has 146 valence electrons. The van der Waals surface area contributed by atoms with Crippen molar-refractivity contribution in [1.82, 2.24) is 4.90 Å². The van der Waals surface area contributed by atoms with Gasteiger partial charge < -0.3 is 4.90 Å². The molecule has 1 nitrogen and oxygen atoms in total. The number of benzene rings is 3. The van der Waals surface area contributed by atoms with Crippen LogP contribution < -0.4 is 0 Å². The Morgan fingerprint density at radius 1 is 0.750 bits per heavy atom. The molecule has 0 heterocycles. The van der Waals surface area contributed by atoms with E-state index >= 15 is 0 Å². The summed E-state index contributed by atoms with van der Waals surface area (Å²) in [5.41, 5.74) is 3.68. The fraction of sp³-hybridized carbons (Fsp3) is 0.154. The fourth-order valence-corrected chi connectivity index (χ4v) is 2.58. The average Bonchev–Trinajstić information content (AvgIpc) is 2.71. The van der Waals surface area contributed by atoms with Crippen molar-refractivity contribution in [2.75, 3.05) is 14.1 Å². The first-order chi connectivity index (χ1) is 13.6. The molecule has 0 radical (unpaired) electrons. The van der Waals surface area contributed by atoms with Gasteiger partial charge in [0.1, 0.15) is 0 Å². The number of halogens is 1. The molecule has 0 aliphatic rings. The van der Waals surface area contributed by atoms with Gasteiger partial charge in [0.15, 0.2) is 0 Å². The van der Waals surface area contributed by atoms with Crippen LogP contribution in [0.5, 0.6) is 0 Å². The van der Waals surface area contributed by atoms with Crippen LogP contribution >= 0.6 is 11.6 Å². The van der Waals surface area contributed by atoms with E-state index < -0.39 is 0 Å². The molecule has 28 heavy (non-hydrogen) atoms. The van der Waals surface area contributed by atoms with E-state index in [0.29, 0.717) is 0 Å². The molecule has 0 aromatic heterocycles. The average molecular weight is 392 g/mol. The number of nitrogens with zero attached hydrogens (tertiary/aromatic N) is 1. The van der Waals surface area contributed by atoms with Crippen LogP contribution in [-0.2, 0) is 13.0 Å². The highest BCUT2D eigenvalue weighted by Crippen LogP contribution is 2.14. The molecule has 0 saturated carbocycles. The third-order valence-corrected chi connectivity index (χ3v) is 4.03. The van der Waals surface area contributed by atoms with E-state index in [1.807, 2.05) is 54.6 Å². The molecule has 0 aliphatic carbocycles. The van der Waals surface area contributed by atoms with Crippen molar-refractivity contribution in [2.45, 2.75) is 13.0 Å². The summed E-state index contributed by atoms with van der Waals surface area (Å²) in [6.07, 6.45) is 4.62. The van der Waals surface area contributed by atoms with E-state index in [-0.39, 0.29) is 0 Å². The maximum atomic E-state index is 5.75. The van der Waals surface area contributed by atoms with Crippen molar-refractivity contribution >= 4 is 17.7 Å². The highest BCUT2D eigenvalue weighted by molar-refractivity contribution is 6.32. The van der Waals surface area contributed by atoms with E-state index in [4.69, 9.17) is 11.6 Å². The third kappa shape index (κ3) is 10.5. The maximum Gasteiger partial charge on any atom is 0.0478 e. The minimum absolute atomic E-state index is 0.757. The minimum Gasteiger partial charge on any atom is -0.305 e. The SMILES string of the molecule is C=CCc1ccccc1.C=Cc1ccccc1Cl.CN(C)Cc1ccccc1. The van der Waals surface area contributed by atoms with Crippen LogP contribution in [0.3, 0.4) is 0 Å². The minimum atomic E-state index is 0.757. The molecule has 3 rings (SSSR count). The second-order valence-corrected chi connectivity index (χ2v) is 6.83. The topological polar surface area (TPSA) is 3.24 Å². The van der Waals surface area contributed by atoms with Gasteiger partial charge in [-0.2, -0.15) is 0 Å². The zero-order valence-corrected chi connectivity index (χ0v) is 17.6. The predicted octanol–water partition coefficient (Wildman–Crippen LogP) is 7.15. The van der Waals surface area contributed by atoms with Crippen molar-refractivity contribution < 1.29 is 0 Å². The summed E-state index contributed by atoms with van der Waals surface area (Å²) >= 11 is 5.75. The molecular weight excluding hydrogens is 362 g/mol. The molecule has 0 unspecified atom stereocenters. The summed E-state index contributed by atoms with van der Waals surface area (Å²) in [5, 5.41) is 0.757. The van der Waals surface area contributed by atoms with Gasteiger partial charge >= 0.3 is 0 Å². The first-order valence-corrected chi connectivity index (χ1v) is 9.65. The van der Waals surface area contributed by atoms with Gasteiger partial charge in [0.25, 0.3) is 0 Å². The molecule has 3 aromatic carbocycles. The quantitative estimate of drug-likeness (QED) is 0.417. The number of hydrogen-bond donors (Lipinski definition) is 0. The van der Waals surface area contributed by atoms with Gasteiger partial charge in [0.2, 0.25) is 0 Å². The molecule has 0 atom stereocenters. The van der Waals surface area contributed by atoms with Gasteiger partial charge in [0, 0.05) is 11.6 Å². The molecule has 0 amide bonds. The molecule has 2 heteroatoms. The lowest BCUT2D eigenvalue weighted by Crippen LogP contribution is -2.10. The lowest BCUT2D eigenvalue weighted by Gasteiger charge is -2.08. The van der Waals surface area contributed by atoms with Crippen molar-refractivity contribution in [3.8, 4) is 0 Å². The van der Waals surface area contributed by atoms with Crippen LogP contribution in [0, 0.1) is 0 Å². The summed E-state index contributed by atoms with van der Waals surface area (Å²) in [7, 11) is 4.15. The van der Waals surface area contributed by atoms with Crippen LogP contribution in [0.4, 0.5) is 0 Å². The number of hydrogen-bond acceptors (Lipinski definition) is 1. The normalized spacial score (nSPS) is 9.43. The largest absolute Gasteiger partial charge is 0.305 e. The smallest absolute Gasteiger partial charge is 0.0478 e. The lowest BCUT2D eigenvalue weighted by molar-refractivity contribution is 0.402. The second kappa shape index (κ2) is 14.4. The first-order valence-electron chi connectivity index (χ1n) is 9.27. The van der Waals surface area contributed by atoms with Gasteiger partial charge in [-0.25, -0.2) is 0 Å².